The van der Waals surface area contributed by atoms with Crippen LogP contribution in [0.4, 0.5) is 17.2 Å². The quantitative estimate of drug-likeness (QED) is 0.427. The standard InChI is InChI=1S/C25H24BN5O/c1-16-12-13-20-23-22(32-25(20)28-16)15-17(2)31(26(23)4)30-18(3)29(19-9-6-5-7-10-19)21-11-8-14-27-24(21)30/h5-15,18H,1-4H3/t18-/m0/s1. The summed E-state index contributed by atoms with van der Waals surface area (Å²) in [7, 11) is 0. The second-order valence-electron chi connectivity index (χ2n) is 8.52. The average Bonchev–Trinajstić information content (AvgIpc) is 3.28. The van der Waals surface area contributed by atoms with E-state index in [1.54, 1.807) is 0 Å². The Morgan fingerprint density at radius 2 is 1.81 bits per heavy atom. The van der Waals surface area contributed by atoms with Crippen molar-refractivity contribution in [2.75, 3.05) is 9.91 Å². The molecular formula is C25H24BN5O. The fraction of sp³-hybridized carbons (Fsp3) is 0.200. The number of furan rings is 1. The molecule has 7 heteroatoms. The predicted molar refractivity (Wildman–Crippen MR) is 130 cm³/mol. The van der Waals surface area contributed by atoms with Crippen LogP contribution in [0.5, 0.6) is 0 Å². The van der Waals surface area contributed by atoms with Crippen LogP contribution in [0.3, 0.4) is 0 Å². The van der Waals surface area contributed by atoms with Crippen molar-refractivity contribution in [3.63, 3.8) is 0 Å². The molecule has 1 atom stereocenters. The Balaban J connectivity index is 1.49. The third kappa shape index (κ3) is 2.60. The van der Waals surface area contributed by atoms with Crippen molar-refractivity contribution >= 4 is 46.7 Å². The fourth-order valence-electron chi connectivity index (χ4n) is 5.15. The number of rotatable bonds is 2. The zero-order valence-electron chi connectivity index (χ0n) is 18.6. The molecule has 0 radical (unpaired) electrons. The summed E-state index contributed by atoms with van der Waals surface area (Å²) in [6.07, 6.45) is 4.03. The number of allylic oxidation sites excluding steroid dienone is 1. The molecule has 6 nitrogen and oxygen atoms in total. The Labute approximate surface area is 187 Å². The summed E-state index contributed by atoms with van der Waals surface area (Å²) in [4.78, 5) is 14.1. The molecule has 0 amide bonds. The molecule has 158 valence electrons. The highest BCUT2D eigenvalue weighted by molar-refractivity contribution is 6.73. The van der Waals surface area contributed by atoms with E-state index in [-0.39, 0.29) is 13.0 Å². The van der Waals surface area contributed by atoms with Gasteiger partial charge in [0.15, 0.2) is 5.82 Å². The van der Waals surface area contributed by atoms with Gasteiger partial charge in [-0.1, -0.05) is 25.0 Å². The van der Waals surface area contributed by atoms with Crippen LogP contribution < -0.4 is 15.4 Å². The summed E-state index contributed by atoms with van der Waals surface area (Å²) in [6.45, 7) is 8.64. The number of para-hydroxylation sites is 1. The highest BCUT2D eigenvalue weighted by Gasteiger charge is 2.43. The topological polar surface area (TPSA) is 48.6 Å². The summed E-state index contributed by atoms with van der Waals surface area (Å²) in [5, 5.41) is 3.38. The van der Waals surface area contributed by atoms with Gasteiger partial charge in [-0.2, -0.15) is 0 Å². The molecule has 32 heavy (non-hydrogen) atoms. The molecule has 4 aromatic rings. The van der Waals surface area contributed by atoms with Crippen molar-refractivity contribution in [2.45, 2.75) is 33.8 Å². The number of hydrogen-bond acceptors (Lipinski definition) is 6. The molecule has 0 aliphatic carbocycles. The maximum absolute atomic E-state index is 6.15. The van der Waals surface area contributed by atoms with Crippen LogP contribution in [0.2, 0.25) is 6.82 Å². The molecule has 0 spiro atoms. The van der Waals surface area contributed by atoms with E-state index in [4.69, 9.17) is 9.40 Å². The van der Waals surface area contributed by atoms with Crippen molar-refractivity contribution in [3.8, 4) is 0 Å². The van der Waals surface area contributed by atoms with E-state index in [1.165, 1.54) is 5.46 Å². The normalized spacial score (nSPS) is 17.6. The van der Waals surface area contributed by atoms with Gasteiger partial charge in [-0.3, -0.25) is 5.01 Å². The zero-order chi connectivity index (χ0) is 22.0. The van der Waals surface area contributed by atoms with E-state index in [2.05, 4.69) is 83.0 Å². The summed E-state index contributed by atoms with van der Waals surface area (Å²) in [5.74, 6) is 1.85. The highest BCUT2D eigenvalue weighted by atomic mass is 16.3. The largest absolute Gasteiger partial charge is 0.439 e. The van der Waals surface area contributed by atoms with Crippen LogP contribution >= 0.6 is 0 Å². The SMILES string of the molecule is CB1c2c(oc3nc(C)ccc23)C=C(C)N1N1c2ncccc2N(c2ccccc2)[C@@H]1C. The molecule has 0 unspecified atom stereocenters. The summed E-state index contributed by atoms with van der Waals surface area (Å²) in [6, 6.07) is 18.8. The summed E-state index contributed by atoms with van der Waals surface area (Å²) in [5.41, 5.74) is 6.19. The molecule has 1 aromatic carbocycles. The molecule has 3 aromatic heterocycles. The van der Waals surface area contributed by atoms with E-state index in [0.29, 0.717) is 5.71 Å². The van der Waals surface area contributed by atoms with Crippen molar-refractivity contribution in [1.29, 1.82) is 0 Å². The first-order chi connectivity index (χ1) is 15.5. The van der Waals surface area contributed by atoms with Crippen LogP contribution in [0.25, 0.3) is 17.2 Å². The Kier molecular flexibility index (Phi) is 4.09. The van der Waals surface area contributed by atoms with Gasteiger partial charge >= 0.3 is 6.85 Å². The van der Waals surface area contributed by atoms with Crippen molar-refractivity contribution in [1.82, 2.24) is 14.9 Å². The van der Waals surface area contributed by atoms with E-state index in [1.807, 2.05) is 31.3 Å². The lowest BCUT2D eigenvalue weighted by atomic mass is 9.55. The third-order valence-electron chi connectivity index (χ3n) is 6.48. The number of nitrogens with zero attached hydrogens (tertiary/aromatic N) is 5. The second-order valence-corrected chi connectivity index (χ2v) is 8.52. The Morgan fingerprint density at radius 1 is 1.00 bits per heavy atom. The maximum Gasteiger partial charge on any atom is 0.315 e. The minimum atomic E-state index is 0.0492. The summed E-state index contributed by atoms with van der Waals surface area (Å²) >= 11 is 0. The highest BCUT2D eigenvalue weighted by Crippen LogP contribution is 2.44. The van der Waals surface area contributed by atoms with Crippen molar-refractivity contribution in [2.24, 2.45) is 0 Å². The summed E-state index contributed by atoms with van der Waals surface area (Å²) < 4.78 is 6.15. The van der Waals surface area contributed by atoms with Gasteiger partial charge in [-0.05, 0) is 63.2 Å². The number of benzene rings is 1. The predicted octanol–water partition coefficient (Wildman–Crippen LogP) is 4.96. The lowest BCUT2D eigenvalue weighted by molar-refractivity contribution is 0.438. The number of fused-ring (bicyclic) bond motifs is 4. The second kappa shape index (κ2) is 6.89. The Morgan fingerprint density at radius 3 is 2.62 bits per heavy atom. The smallest absolute Gasteiger partial charge is 0.315 e. The van der Waals surface area contributed by atoms with Crippen LogP contribution in [-0.4, -0.2) is 27.9 Å². The monoisotopic (exact) mass is 421 g/mol. The average molecular weight is 421 g/mol. The molecular weight excluding hydrogens is 397 g/mol. The van der Waals surface area contributed by atoms with Crippen LogP contribution in [0.1, 0.15) is 25.3 Å². The minimum Gasteiger partial charge on any atom is -0.439 e. The Hall–Kier alpha value is -3.74. The molecule has 6 rings (SSSR count). The maximum atomic E-state index is 6.15. The molecule has 0 fully saturated rings. The number of pyridine rings is 2. The Bertz CT molecular complexity index is 1370. The third-order valence-corrected chi connectivity index (χ3v) is 6.48. The number of hydrogen-bond donors (Lipinski definition) is 0. The van der Waals surface area contributed by atoms with E-state index in [0.717, 1.165) is 39.7 Å². The van der Waals surface area contributed by atoms with Crippen molar-refractivity contribution in [3.05, 3.63) is 77.9 Å². The molecule has 0 saturated carbocycles. The van der Waals surface area contributed by atoms with Crippen molar-refractivity contribution < 1.29 is 4.42 Å². The first-order valence-electron chi connectivity index (χ1n) is 11.0. The van der Waals surface area contributed by atoms with E-state index >= 15 is 0 Å². The molecule has 0 N–H and O–H groups in total. The zero-order valence-corrected chi connectivity index (χ0v) is 18.6. The van der Waals surface area contributed by atoms with Gasteiger partial charge in [0.2, 0.25) is 5.71 Å². The van der Waals surface area contributed by atoms with Gasteiger partial charge in [0, 0.05) is 34.1 Å². The number of aromatic nitrogens is 2. The van der Waals surface area contributed by atoms with Crippen LogP contribution in [0.15, 0.2) is 70.9 Å². The van der Waals surface area contributed by atoms with E-state index < -0.39 is 0 Å². The lowest BCUT2D eigenvalue weighted by Gasteiger charge is -2.43. The van der Waals surface area contributed by atoms with Crippen LogP contribution in [-0.2, 0) is 0 Å². The molecule has 2 aliphatic rings. The van der Waals surface area contributed by atoms with Gasteiger partial charge < -0.3 is 14.2 Å². The van der Waals surface area contributed by atoms with Gasteiger partial charge in [-0.15, -0.1) is 0 Å². The van der Waals surface area contributed by atoms with Gasteiger partial charge in [-0.25, -0.2) is 9.97 Å². The minimum absolute atomic E-state index is 0.0492. The van der Waals surface area contributed by atoms with Gasteiger partial charge in [0.25, 0.3) is 0 Å². The first-order valence-corrected chi connectivity index (χ1v) is 11.0. The molecule has 5 heterocycles. The molecule has 0 bridgehead atoms. The number of anilines is 3. The number of aryl methyl sites for hydroxylation is 1. The van der Waals surface area contributed by atoms with Gasteiger partial charge in [0.05, 0.1) is 5.69 Å². The molecule has 2 aliphatic heterocycles. The lowest BCUT2D eigenvalue weighted by Crippen LogP contribution is -2.59. The van der Waals surface area contributed by atoms with E-state index in [9.17, 15) is 0 Å². The van der Waals surface area contributed by atoms with Crippen LogP contribution in [0, 0.1) is 6.92 Å². The fourth-order valence-corrected chi connectivity index (χ4v) is 5.15. The molecule has 0 saturated heterocycles. The van der Waals surface area contributed by atoms with Gasteiger partial charge in [0.1, 0.15) is 11.9 Å². The first kappa shape index (κ1) is 19.0. The number of hydrazine groups is 1.